The minimum atomic E-state index is -0.802. The van der Waals surface area contributed by atoms with Crippen LogP contribution in [0.3, 0.4) is 0 Å². The van der Waals surface area contributed by atoms with Crippen LogP contribution in [0.4, 0.5) is 4.79 Å². The monoisotopic (exact) mass is 412 g/mol. The molecule has 3 saturated heterocycles. The fourth-order valence-corrected chi connectivity index (χ4v) is 5.01. The zero-order valence-electron chi connectivity index (χ0n) is 17.8. The molecule has 0 bridgehead atoms. The van der Waals surface area contributed by atoms with E-state index < -0.39 is 5.54 Å². The number of nitrogens with zero attached hydrogens (tertiary/aromatic N) is 3. The first kappa shape index (κ1) is 20.8. The molecule has 0 unspecified atom stereocenters. The Bertz CT molecular complexity index is 781. The van der Waals surface area contributed by atoms with E-state index in [9.17, 15) is 14.4 Å². The summed E-state index contributed by atoms with van der Waals surface area (Å²) in [5, 5.41) is 2.82. The number of carbonyl (C=O) groups is 3. The highest BCUT2D eigenvalue weighted by atomic mass is 16.2. The van der Waals surface area contributed by atoms with E-state index in [0.29, 0.717) is 32.4 Å². The molecule has 30 heavy (non-hydrogen) atoms. The molecule has 0 aromatic heterocycles. The van der Waals surface area contributed by atoms with E-state index in [-0.39, 0.29) is 17.8 Å². The van der Waals surface area contributed by atoms with Crippen LogP contribution in [0, 0.1) is 5.92 Å². The van der Waals surface area contributed by atoms with Crippen molar-refractivity contribution in [3.8, 4) is 0 Å². The maximum absolute atomic E-state index is 12.7. The van der Waals surface area contributed by atoms with Gasteiger partial charge in [-0.05, 0) is 56.7 Å². The summed E-state index contributed by atoms with van der Waals surface area (Å²) in [4.78, 5) is 42.2. The summed E-state index contributed by atoms with van der Waals surface area (Å²) in [7, 11) is 1.51. The van der Waals surface area contributed by atoms with Gasteiger partial charge in [-0.2, -0.15) is 0 Å². The topological polar surface area (TPSA) is 73.0 Å². The molecule has 1 spiro atoms. The molecule has 0 saturated carbocycles. The van der Waals surface area contributed by atoms with Crippen molar-refractivity contribution in [2.45, 2.75) is 44.1 Å². The van der Waals surface area contributed by atoms with Crippen LogP contribution in [0.25, 0.3) is 0 Å². The first-order valence-corrected chi connectivity index (χ1v) is 11.1. The Kier molecular flexibility index (Phi) is 6.09. The van der Waals surface area contributed by atoms with E-state index in [2.05, 4.69) is 40.5 Å². The average molecular weight is 413 g/mol. The van der Waals surface area contributed by atoms with Gasteiger partial charge in [0.1, 0.15) is 5.54 Å². The number of benzene rings is 1. The molecule has 162 valence electrons. The largest absolute Gasteiger partial charge is 0.342 e. The zero-order chi connectivity index (χ0) is 21.1. The number of carbonyl (C=O) groups excluding carboxylic acids is 3. The predicted octanol–water partition coefficient (Wildman–Crippen LogP) is 1.87. The van der Waals surface area contributed by atoms with Crippen molar-refractivity contribution >= 4 is 17.8 Å². The van der Waals surface area contributed by atoms with Gasteiger partial charge >= 0.3 is 6.03 Å². The lowest BCUT2D eigenvalue weighted by Crippen LogP contribution is -2.56. The van der Waals surface area contributed by atoms with Gasteiger partial charge in [-0.1, -0.05) is 30.3 Å². The smallest absolute Gasteiger partial charge is 0.324 e. The summed E-state index contributed by atoms with van der Waals surface area (Å²) in [5.41, 5.74) is 0.612. The van der Waals surface area contributed by atoms with Gasteiger partial charge in [0, 0.05) is 33.1 Å². The number of hydrogen-bond acceptors (Lipinski definition) is 4. The Labute approximate surface area is 178 Å². The summed E-state index contributed by atoms with van der Waals surface area (Å²) >= 11 is 0. The maximum Gasteiger partial charge on any atom is 0.324 e. The molecule has 3 heterocycles. The molecule has 1 aromatic carbocycles. The lowest BCUT2D eigenvalue weighted by atomic mass is 9.87. The Morgan fingerprint density at radius 1 is 1.07 bits per heavy atom. The van der Waals surface area contributed by atoms with Crippen LogP contribution in [0.1, 0.15) is 37.7 Å². The van der Waals surface area contributed by atoms with Crippen molar-refractivity contribution in [1.29, 1.82) is 0 Å². The Balaban J connectivity index is 1.17. The number of imide groups is 1. The van der Waals surface area contributed by atoms with Crippen LogP contribution < -0.4 is 5.32 Å². The van der Waals surface area contributed by atoms with Gasteiger partial charge in [-0.15, -0.1) is 0 Å². The fraction of sp³-hybridized carbons (Fsp3) is 0.609. The lowest BCUT2D eigenvalue weighted by Gasteiger charge is -2.38. The van der Waals surface area contributed by atoms with Crippen LogP contribution in [-0.2, 0) is 16.0 Å². The first-order valence-electron chi connectivity index (χ1n) is 11.1. The SMILES string of the molecule is CN1C(=O)NC2(CCN(C(=O)CCN3CCC(Cc4ccccc4)CC3)CC2)C1=O. The van der Waals surface area contributed by atoms with Crippen LogP contribution in [0.5, 0.6) is 0 Å². The van der Waals surface area contributed by atoms with Crippen molar-refractivity contribution in [2.75, 3.05) is 39.8 Å². The Hall–Kier alpha value is -2.41. The quantitative estimate of drug-likeness (QED) is 0.750. The Morgan fingerprint density at radius 3 is 2.33 bits per heavy atom. The van der Waals surface area contributed by atoms with Gasteiger partial charge in [0.2, 0.25) is 5.91 Å². The fourth-order valence-electron chi connectivity index (χ4n) is 5.01. The van der Waals surface area contributed by atoms with E-state index in [0.717, 1.165) is 36.9 Å². The number of amides is 4. The second kappa shape index (κ2) is 8.76. The molecular weight excluding hydrogens is 380 g/mol. The van der Waals surface area contributed by atoms with Crippen LogP contribution in [0.2, 0.25) is 0 Å². The molecule has 3 aliphatic heterocycles. The maximum atomic E-state index is 12.7. The van der Waals surface area contributed by atoms with Gasteiger partial charge in [0.25, 0.3) is 5.91 Å². The second-order valence-electron chi connectivity index (χ2n) is 8.98. The normalized spacial score (nSPS) is 22.6. The number of nitrogens with one attached hydrogen (secondary N) is 1. The lowest BCUT2D eigenvalue weighted by molar-refractivity contribution is -0.138. The molecular formula is C23H32N4O3. The summed E-state index contributed by atoms with van der Waals surface area (Å²) in [6.45, 7) is 3.97. The van der Waals surface area contributed by atoms with Crippen LogP contribution >= 0.6 is 0 Å². The number of likely N-dealkylation sites (tertiary alicyclic amines) is 2. The summed E-state index contributed by atoms with van der Waals surface area (Å²) in [6, 6.07) is 10.3. The molecule has 4 rings (SSSR count). The van der Waals surface area contributed by atoms with E-state index in [1.165, 1.54) is 25.5 Å². The molecule has 0 atom stereocenters. The average Bonchev–Trinajstić information content (AvgIpc) is 2.98. The number of urea groups is 1. The molecule has 1 N–H and O–H groups in total. The number of piperidine rings is 2. The van der Waals surface area contributed by atoms with Crippen LogP contribution in [-0.4, -0.2) is 77.9 Å². The molecule has 1 aromatic rings. The first-order chi connectivity index (χ1) is 14.5. The zero-order valence-corrected chi connectivity index (χ0v) is 17.8. The van der Waals surface area contributed by atoms with Crippen molar-refractivity contribution in [1.82, 2.24) is 20.0 Å². The molecule has 7 heteroatoms. The highest BCUT2D eigenvalue weighted by Crippen LogP contribution is 2.29. The summed E-state index contributed by atoms with van der Waals surface area (Å²) < 4.78 is 0. The molecule has 0 aliphatic carbocycles. The number of hydrogen-bond donors (Lipinski definition) is 1. The van der Waals surface area contributed by atoms with E-state index in [1.807, 2.05) is 4.90 Å². The third kappa shape index (κ3) is 4.36. The third-order valence-electron chi connectivity index (χ3n) is 7.05. The summed E-state index contributed by atoms with van der Waals surface area (Å²) in [6.07, 6.45) is 5.04. The molecule has 4 amide bonds. The standard InChI is InChI=1S/C23H32N4O3/c1-25-21(29)23(24-22(25)30)10-15-27(16-11-23)20(28)9-14-26-12-7-19(8-13-26)17-18-5-3-2-4-6-18/h2-6,19H,7-17H2,1H3,(H,24,30). The molecule has 3 fully saturated rings. The van der Waals surface area contributed by atoms with Gasteiger partial charge in [-0.3, -0.25) is 14.5 Å². The molecule has 3 aliphatic rings. The minimum absolute atomic E-state index is 0.154. The van der Waals surface area contributed by atoms with E-state index in [1.54, 1.807) is 0 Å². The second-order valence-corrected chi connectivity index (χ2v) is 8.98. The molecule has 0 radical (unpaired) electrons. The number of rotatable bonds is 5. The van der Waals surface area contributed by atoms with Gasteiger partial charge in [-0.25, -0.2) is 4.79 Å². The van der Waals surface area contributed by atoms with Gasteiger partial charge in [0.15, 0.2) is 0 Å². The Morgan fingerprint density at radius 2 is 1.73 bits per heavy atom. The van der Waals surface area contributed by atoms with Crippen molar-refractivity contribution in [2.24, 2.45) is 5.92 Å². The predicted molar refractivity (Wildman–Crippen MR) is 114 cm³/mol. The highest BCUT2D eigenvalue weighted by molar-refractivity contribution is 6.06. The highest BCUT2D eigenvalue weighted by Gasteiger charge is 2.51. The third-order valence-corrected chi connectivity index (χ3v) is 7.05. The van der Waals surface area contributed by atoms with Gasteiger partial charge in [0.05, 0.1) is 0 Å². The van der Waals surface area contributed by atoms with Gasteiger partial charge < -0.3 is 15.1 Å². The van der Waals surface area contributed by atoms with Crippen molar-refractivity contribution in [3.05, 3.63) is 35.9 Å². The number of likely N-dealkylation sites (N-methyl/N-ethyl adjacent to an activating group) is 1. The van der Waals surface area contributed by atoms with E-state index in [4.69, 9.17) is 0 Å². The van der Waals surface area contributed by atoms with Crippen LogP contribution in [0.15, 0.2) is 30.3 Å². The molecule has 7 nitrogen and oxygen atoms in total. The minimum Gasteiger partial charge on any atom is -0.342 e. The van der Waals surface area contributed by atoms with Crippen molar-refractivity contribution < 1.29 is 14.4 Å². The van der Waals surface area contributed by atoms with Crippen molar-refractivity contribution in [3.63, 3.8) is 0 Å². The van der Waals surface area contributed by atoms with E-state index >= 15 is 0 Å². The summed E-state index contributed by atoms with van der Waals surface area (Å²) in [5.74, 6) is 0.717.